The van der Waals surface area contributed by atoms with Gasteiger partial charge in [-0.2, -0.15) is 0 Å². The Morgan fingerprint density at radius 2 is 1.96 bits per heavy atom. The van der Waals surface area contributed by atoms with E-state index in [0.29, 0.717) is 18.0 Å². The van der Waals surface area contributed by atoms with Crippen LogP contribution in [-0.4, -0.2) is 46.1 Å². The van der Waals surface area contributed by atoms with Crippen molar-refractivity contribution in [2.75, 3.05) is 0 Å². The number of fused-ring (bicyclic) bond motifs is 1. The summed E-state index contributed by atoms with van der Waals surface area (Å²) in [6, 6.07) is 1.96. The van der Waals surface area contributed by atoms with E-state index in [-0.39, 0.29) is 32.2 Å². The van der Waals surface area contributed by atoms with Gasteiger partial charge in [-0.25, -0.2) is 0 Å². The molecular weight excluding hydrogens is 468 g/mol. The molecule has 2 aromatic heterocycles. The van der Waals surface area contributed by atoms with Gasteiger partial charge in [-0.15, -0.1) is 0 Å². The number of aromatic hydroxyl groups is 1. The normalized spacial score (nSPS) is 15.3. The van der Waals surface area contributed by atoms with Gasteiger partial charge in [0.25, 0.3) is 0 Å². The summed E-state index contributed by atoms with van der Waals surface area (Å²) in [7, 11) is 0. The quantitative estimate of drug-likeness (QED) is 0.601. The Morgan fingerprint density at radius 3 is 2.57 bits per heavy atom. The number of aromatic nitrogens is 2. The van der Waals surface area contributed by atoms with Gasteiger partial charge >= 0.3 is 178 Å². The monoisotopic (exact) mass is 484 g/mol. The van der Waals surface area contributed by atoms with Crippen LogP contribution in [0.3, 0.4) is 0 Å². The van der Waals surface area contributed by atoms with Crippen LogP contribution in [-0.2, 0) is 11.3 Å². The van der Waals surface area contributed by atoms with E-state index in [9.17, 15) is 20.0 Å². The van der Waals surface area contributed by atoms with E-state index in [4.69, 9.17) is 28.3 Å². The average Bonchev–Trinajstić information content (AvgIpc) is 2.93. The van der Waals surface area contributed by atoms with Crippen molar-refractivity contribution in [1.82, 2.24) is 9.55 Å². The zero-order valence-corrected chi connectivity index (χ0v) is 18.2. The number of carbonyl (C=O) groups is 2. The summed E-state index contributed by atoms with van der Waals surface area (Å²) in [5, 5.41) is 29.1. The summed E-state index contributed by atoms with van der Waals surface area (Å²) in [5.41, 5.74) is -0.0671. The van der Waals surface area contributed by atoms with Crippen LogP contribution in [0.1, 0.15) is 48.3 Å². The van der Waals surface area contributed by atoms with Gasteiger partial charge in [0.05, 0.1) is 0 Å². The molecule has 2 N–H and O–H groups in total. The number of hydrogen-bond donors (Lipinski definition) is 2. The number of nitrogens with zero attached hydrogens (tertiary/aromatic N) is 3. The van der Waals surface area contributed by atoms with Gasteiger partial charge in [-0.05, 0) is 0 Å². The molecule has 0 aliphatic heterocycles. The van der Waals surface area contributed by atoms with Gasteiger partial charge < -0.3 is 0 Å². The van der Waals surface area contributed by atoms with Crippen molar-refractivity contribution in [3.8, 4) is 11.8 Å². The predicted octanol–water partition coefficient (Wildman–Crippen LogP) is 3.85. The number of aliphatic carboxylic acids is 1. The Labute approximate surface area is 177 Å². The molecule has 0 unspecified atom stereocenters. The first-order valence-corrected chi connectivity index (χ1v) is 11.8. The second-order valence-electron chi connectivity index (χ2n) is 6.73. The second kappa shape index (κ2) is 8.73. The Morgan fingerprint density at radius 1 is 1.29 bits per heavy atom. The molecule has 0 bridgehead atoms. The molecule has 28 heavy (non-hydrogen) atoms. The fourth-order valence-electron chi connectivity index (χ4n) is 3.60. The van der Waals surface area contributed by atoms with Crippen LogP contribution in [0.4, 0.5) is 0 Å². The summed E-state index contributed by atoms with van der Waals surface area (Å²) in [4.78, 5) is 27.1. The van der Waals surface area contributed by atoms with E-state index >= 15 is 0 Å². The van der Waals surface area contributed by atoms with E-state index in [1.807, 2.05) is 6.07 Å². The molecule has 0 atom stereocenters. The Hall–Kier alpha value is -1.74. The van der Waals surface area contributed by atoms with E-state index in [2.05, 4.69) is 4.98 Å². The topological polar surface area (TPSA) is 116 Å². The SMILES string of the molecule is N#Cc1nc(C(=O)[As]CC(=O)O)c(O)c2c(Cl)c(Cl)n(CC3CCCCC3)c12. The van der Waals surface area contributed by atoms with Crippen LogP contribution in [0, 0.1) is 17.2 Å². The van der Waals surface area contributed by atoms with Crippen molar-refractivity contribution in [3.05, 3.63) is 21.6 Å². The fraction of sp³-hybridized carbons (Fsp3) is 0.444. The van der Waals surface area contributed by atoms with E-state index in [1.54, 1.807) is 4.57 Å². The third kappa shape index (κ3) is 4.00. The van der Waals surface area contributed by atoms with Crippen molar-refractivity contribution < 1.29 is 19.8 Å². The van der Waals surface area contributed by atoms with Crippen molar-refractivity contribution >= 4 is 60.4 Å². The third-order valence-electron chi connectivity index (χ3n) is 4.89. The first-order valence-electron chi connectivity index (χ1n) is 8.79. The van der Waals surface area contributed by atoms with Crippen LogP contribution in [0.5, 0.6) is 5.75 Å². The molecule has 0 aromatic carbocycles. The maximum atomic E-state index is 12.4. The first kappa shape index (κ1) is 21.0. The molecular formula is C18H17AsCl2N3O4. The van der Waals surface area contributed by atoms with Crippen LogP contribution in [0.25, 0.3) is 10.9 Å². The summed E-state index contributed by atoms with van der Waals surface area (Å²) in [6.45, 7) is 0.552. The molecule has 147 valence electrons. The molecule has 0 spiro atoms. The van der Waals surface area contributed by atoms with E-state index in [1.165, 1.54) is 6.42 Å². The van der Waals surface area contributed by atoms with Crippen molar-refractivity contribution in [2.24, 2.45) is 5.92 Å². The summed E-state index contributed by atoms with van der Waals surface area (Å²) >= 11 is 11.5. The van der Waals surface area contributed by atoms with Crippen LogP contribution < -0.4 is 0 Å². The summed E-state index contributed by atoms with van der Waals surface area (Å²) < 4.78 is 1.11. The number of nitriles is 1. The Balaban J connectivity index is 2.11. The standard InChI is InChI=1S/C18H17AsCl2N3O4/c20-13-12-15(24(18(13)21)8-9-4-2-1-3-5-9)10(7-22)23-14(16(12)27)17(28)19-6-11(25)26/h9,27H,1-6,8H2,(H,25,26). The molecule has 7 nitrogen and oxygen atoms in total. The molecule has 1 aliphatic rings. The van der Waals surface area contributed by atoms with Crippen LogP contribution in [0.15, 0.2) is 0 Å². The van der Waals surface area contributed by atoms with Gasteiger partial charge in [-0.3, -0.25) is 0 Å². The molecule has 1 fully saturated rings. The zero-order chi connectivity index (χ0) is 20.4. The molecule has 10 heteroatoms. The Bertz CT molecular complexity index is 993. The van der Waals surface area contributed by atoms with Crippen molar-refractivity contribution in [1.29, 1.82) is 5.26 Å². The zero-order valence-electron chi connectivity index (χ0n) is 14.8. The van der Waals surface area contributed by atoms with E-state index < -0.39 is 32.0 Å². The van der Waals surface area contributed by atoms with Crippen molar-refractivity contribution in [2.45, 2.75) is 43.9 Å². The van der Waals surface area contributed by atoms with Crippen LogP contribution in [0.2, 0.25) is 15.4 Å². The molecule has 1 saturated carbocycles. The van der Waals surface area contributed by atoms with Gasteiger partial charge in [0.2, 0.25) is 0 Å². The third-order valence-corrected chi connectivity index (χ3v) is 7.69. The molecule has 0 saturated heterocycles. The first-order chi connectivity index (χ1) is 13.3. The molecule has 1 aliphatic carbocycles. The van der Waals surface area contributed by atoms with Crippen LogP contribution >= 0.6 is 23.2 Å². The average molecular weight is 485 g/mol. The van der Waals surface area contributed by atoms with E-state index in [0.717, 1.165) is 25.7 Å². The molecule has 3 rings (SSSR count). The number of rotatable bonds is 6. The van der Waals surface area contributed by atoms with Gasteiger partial charge in [-0.1, -0.05) is 0 Å². The summed E-state index contributed by atoms with van der Waals surface area (Å²) in [6.07, 6.45) is 5.56. The molecule has 2 heterocycles. The molecule has 2 aromatic rings. The number of carboxylic acids is 1. The predicted molar refractivity (Wildman–Crippen MR) is 105 cm³/mol. The van der Waals surface area contributed by atoms with Gasteiger partial charge in [0, 0.05) is 0 Å². The molecule has 1 radical (unpaired) electrons. The fourth-order valence-corrected chi connectivity index (χ4v) is 5.35. The number of carboxylic acid groups (broad SMARTS) is 1. The number of hydrogen-bond acceptors (Lipinski definition) is 5. The second-order valence-corrected chi connectivity index (χ2v) is 9.64. The maximum absolute atomic E-state index is 12.4. The summed E-state index contributed by atoms with van der Waals surface area (Å²) in [5.74, 6) is -1.17. The van der Waals surface area contributed by atoms with Gasteiger partial charge in [0.1, 0.15) is 0 Å². The molecule has 0 amide bonds. The number of carbonyl (C=O) groups excluding carboxylic acids is 1. The number of halogens is 2. The number of pyridine rings is 1. The minimum atomic E-state index is -1.27. The minimum absolute atomic E-state index is 0.0581. The van der Waals surface area contributed by atoms with Crippen molar-refractivity contribution in [3.63, 3.8) is 0 Å². The Kier molecular flexibility index (Phi) is 6.54. The van der Waals surface area contributed by atoms with Gasteiger partial charge in [0.15, 0.2) is 0 Å².